The Morgan fingerprint density at radius 1 is 1.33 bits per heavy atom. The van der Waals surface area contributed by atoms with Crippen molar-refractivity contribution in [3.63, 3.8) is 0 Å². The van der Waals surface area contributed by atoms with Crippen LogP contribution in [-0.4, -0.2) is 35.0 Å². The van der Waals surface area contributed by atoms with Gasteiger partial charge in [-0.1, -0.05) is 0 Å². The quantitative estimate of drug-likeness (QED) is 0.779. The predicted octanol–water partition coefficient (Wildman–Crippen LogP) is 1.46. The van der Waals surface area contributed by atoms with Gasteiger partial charge in [0.15, 0.2) is 5.13 Å². The Kier molecular flexibility index (Phi) is 5.22. The number of nitrogens with one attached hydrogen (secondary N) is 3. The Labute approximate surface area is 125 Å². The average Bonchev–Trinajstić information content (AvgIpc) is 2.95. The fraction of sp³-hybridized carbons (Fsp3) is 0.231. The first-order chi connectivity index (χ1) is 10.2. The molecule has 0 spiro atoms. The van der Waals surface area contributed by atoms with Gasteiger partial charge in [0.05, 0.1) is 12.2 Å². The summed E-state index contributed by atoms with van der Waals surface area (Å²) in [6, 6.07) is 3.25. The lowest BCUT2D eigenvalue weighted by Gasteiger charge is -2.05. The molecule has 2 aromatic rings. The van der Waals surface area contributed by atoms with Crippen molar-refractivity contribution in [2.75, 3.05) is 18.4 Å². The maximum absolute atomic E-state index is 11.6. The van der Waals surface area contributed by atoms with E-state index in [4.69, 9.17) is 0 Å². The van der Waals surface area contributed by atoms with Crippen LogP contribution in [0, 0.1) is 0 Å². The van der Waals surface area contributed by atoms with E-state index in [-0.39, 0.29) is 12.5 Å². The molecular formula is C13H15N5O2S. The molecular weight excluding hydrogens is 290 g/mol. The molecule has 0 fully saturated rings. The number of pyridine rings is 1. The van der Waals surface area contributed by atoms with Crippen LogP contribution in [-0.2, 0) is 4.79 Å². The van der Waals surface area contributed by atoms with Crippen LogP contribution in [0.15, 0.2) is 29.9 Å². The second kappa shape index (κ2) is 7.34. The molecule has 3 amide bonds. The van der Waals surface area contributed by atoms with Gasteiger partial charge in [0.25, 0.3) is 0 Å². The van der Waals surface area contributed by atoms with Gasteiger partial charge in [0.1, 0.15) is 0 Å². The standard InChI is InChI=1S/C13H15N5O2S/c1-2-15-11(19)7-16-12(20)18-13-17-10(8-21-13)9-4-3-5-14-6-9/h3-6,8H,2,7H2,1H3,(H,15,19)(H2,16,17,18,20). The molecule has 8 heteroatoms. The smallest absolute Gasteiger partial charge is 0.321 e. The highest BCUT2D eigenvalue weighted by molar-refractivity contribution is 7.14. The molecule has 0 aliphatic rings. The van der Waals surface area contributed by atoms with E-state index >= 15 is 0 Å². The summed E-state index contributed by atoms with van der Waals surface area (Å²) in [7, 11) is 0. The number of thiazole rings is 1. The number of anilines is 1. The van der Waals surface area contributed by atoms with E-state index in [9.17, 15) is 9.59 Å². The third-order valence-corrected chi connectivity index (χ3v) is 3.22. The van der Waals surface area contributed by atoms with E-state index in [0.29, 0.717) is 11.7 Å². The molecule has 21 heavy (non-hydrogen) atoms. The molecule has 0 aliphatic carbocycles. The minimum Gasteiger partial charge on any atom is -0.355 e. The third-order valence-electron chi connectivity index (χ3n) is 2.47. The summed E-state index contributed by atoms with van der Waals surface area (Å²) in [4.78, 5) is 31.1. The van der Waals surface area contributed by atoms with E-state index in [0.717, 1.165) is 11.3 Å². The number of likely N-dealkylation sites (N-methyl/N-ethyl adjacent to an activating group) is 1. The van der Waals surface area contributed by atoms with Crippen molar-refractivity contribution in [2.45, 2.75) is 6.92 Å². The first-order valence-corrected chi connectivity index (χ1v) is 7.24. The Hall–Kier alpha value is -2.48. The van der Waals surface area contributed by atoms with Gasteiger partial charge >= 0.3 is 6.03 Å². The molecule has 0 bridgehead atoms. The zero-order chi connectivity index (χ0) is 15.1. The maximum Gasteiger partial charge on any atom is 0.321 e. The molecule has 0 radical (unpaired) electrons. The Morgan fingerprint density at radius 2 is 2.19 bits per heavy atom. The van der Waals surface area contributed by atoms with Gasteiger partial charge in [-0.3, -0.25) is 15.1 Å². The zero-order valence-electron chi connectivity index (χ0n) is 11.4. The molecule has 2 aromatic heterocycles. The average molecular weight is 305 g/mol. The minimum atomic E-state index is -0.465. The van der Waals surface area contributed by atoms with Gasteiger partial charge in [0.2, 0.25) is 5.91 Å². The Morgan fingerprint density at radius 3 is 2.90 bits per heavy atom. The number of hydrogen-bond acceptors (Lipinski definition) is 5. The summed E-state index contributed by atoms with van der Waals surface area (Å²) in [5, 5.41) is 9.92. The number of urea groups is 1. The van der Waals surface area contributed by atoms with E-state index in [1.165, 1.54) is 11.3 Å². The predicted molar refractivity (Wildman–Crippen MR) is 81.1 cm³/mol. The molecule has 0 aromatic carbocycles. The summed E-state index contributed by atoms with van der Waals surface area (Å²) in [6.45, 7) is 2.27. The SMILES string of the molecule is CCNC(=O)CNC(=O)Nc1nc(-c2cccnc2)cs1. The third kappa shape index (κ3) is 4.53. The van der Waals surface area contributed by atoms with E-state index in [1.54, 1.807) is 12.4 Å². The van der Waals surface area contributed by atoms with Gasteiger partial charge in [0, 0.05) is 29.9 Å². The zero-order valence-corrected chi connectivity index (χ0v) is 12.2. The lowest BCUT2D eigenvalue weighted by Crippen LogP contribution is -2.38. The molecule has 2 rings (SSSR count). The fourth-order valence-corrected chi connectivity index (χ4v) is 2.25. The number of amides is 3. The lowest BCUT2D eigenvalue weighted by atomic mass is 10.2. The van der Waals surface area contributed by atoms with Crippen molar-refractivity contribution in [1.82, 2.24) is 20.6 Å². The van der Waals surface area contributed by atoms with Crippen molar-refractivity contribution < 1.29 is 9.59 Å². The van der Waals surface area contributed by atoms with Gasteiger partial charge in [-0.15, -0.1) is 11.3 Å². The number of nitrogens with zero attached hydrogens (tertiary/aromatic N) is 2. The summed E-state index contributed by atoms with van der Waals surface area (Å²) in [6.07, 6.45) is 3.39. The van der Waals surface area contributed by atoms with Crippen LogP contribution < -0.4 is 16.0 Å². The van der Waals surface area contributed by atoms with Crippen LogP contribution in [0.5, 0.6) is 0 Å². The molecule has 7 nitrogen and oxygen atoms in total. The minimum absolute atomic E-state index is 0.0689. The van der Waals surface area contributed by atoms with Crippen LogP contribution >= 0.6 is 11.3 Å². The monoisotopic (exact) mass is 305 g/mol. The highest BCUT2D eigenvalue weighted by Crippen LogP contribution is 2.23. The van der Waals surface area contributed by atoms with Crippen molar-refractivity contribution in [1.29, 1.82) is 0 Å². The Balaban J connectivity index is 1.88. The van der Waals surface area contributed by atoms with Crippen molar-refractivity contribution in [3.05, 3.63) is 29.9 Å². The maximum atomic E-state index is 11.6. The van der Waals surface area contributed by atoms with E-state index < -0.39 is 6.03 Å². The molecule has 110 valence electrons. The second-order valence-electron chi connectivity index (χ2n) is 4.04. The van der Waals surface area contributed by atoms with Crippen molar-refractivity contribution >= 4 is 28.4 Å². The molecule has 0 unspecified atom stereocenters. The van der Waals surface area contributed by atoms with Gasteiger partial charge in [-0.2, -0.15) is 0 Å². The number of carbonyl (C=O) groups excluding carboxylic acids is 2. The molecule has 0 aliphatic heterocycles. The highest BCUT2D eigenvalue weighted by atomic mass is 32.1. The van der Waals surface area contributed by atoms with Crippen LogP contribution in [0.3, 0.4) is 0 Å². The van der Waals surface area contributed by atoms with E-state index in [2.05, 4.69) is 25.9 Å². The van der Waals surface area contributed by atoms with Gasteiger partial charge < -0.3 is 10.6 Å². The number of aromatic nitrogens is 2. The number of rotatable bonds is 5. The van der Waals surface area contributed by atoms with Gasteiger partial charge in [-0.05, 0) is 19.1 Å². The largest absolute Gasteiger partial charge is 0.355 e. The number of carbonyl (C=O) groups is 2. The van der Waals surface area contributed by atoms with Crippen LogP contribution in [0.25, 0.3) is 11.3 Å². The second-order valence-corrected chi connectivity index (χ2v) is 4.90. The van der Waals surface area contributed by atoms with E-state index in [1.807, 2.05) is 24.4 Å². The summed E-state index contributed by atoms with van der Waals surface area (Å²) >= 11 is 1.31. The molecule has 3 N–H and O–H groups in total. The lowest BCUT2D eigenvalue weighted by molar-refractivity contribution is -0.119. The van der Waals surface area contributed by atoms with Gasteiger partial charge in [-0.25, -0.2) is 9.78 Å². The van der Waals surface area contributed by atoms with Crippen LogP contribution in [0.4, 0.5) is 9.93 Å². The topological polar surface area (TPSA) is 96.0 Å². The summed E-state index contributed by atoms with van der Waals surface area (Å²) in [5.74, 6) is -0.233. The molecule has 2 heterocycles. The normalized spacial score (nSPS) is 9.95. The highest BCUT2D eigenvalue weighted by Gasteiger charge is 2.08. The molecule has 0 saturated carbocycles. The first-order valence-electron chi connectivity index (χ1n) is 6.36. The first kappa shape index (κ1) is 14.9. The summed E-state index contributed by atoms with van der Waals surface area (Å²) in [5.41, 5.74) is 1.62. The van der Waals surface area contributed by atoms with Crippen LogP contribution in [0.1, 0.15) is 6.92 Å². The van der Waals surface area contributed by atoms with Crippen molar-refractivity contribution in [2.24, 2.45) is 0 Å². The van der Waals surface area contributed by atoms with Crippen LogP contribution in [0.2, 0.25) is 0 Å². The van der Waals surface area contributed by atoms with Crippen molar-refractivity contribution in [3.8, 4) is 11.3 Å². The molecule has 0 saturated heterocycles. The molecule has 0 atom stereocenters. The fourth-order valence-electron chi connectivity index (χ4n) is 1.54. The Bertz CT molecular complexity index is 614. The number of hydrogen-bond donors (Lipinski definition) is 3. The summed E-state index contributed by atoms with van der Waals surface area (Å²) < 4.78 is 0.